The molecule has 2 rings (SSSR count). The van der Waals surface area contributed by atoms with E-state index in [4.69, 9.17) is 18.0 Å². The van der Waals surface area contributed by atoms with Crippen molar-refractivity contribution >= 4 is 22.9 Å². The van der Waals surface area contributed by atoms with Crippen LogP contribution < -0.4 is 11.1 Å². The first-order valence-electron chi connectivity index (χ1n) is 6.74. The molecule has 19 heavy (non-hydrogen) atoms. The molecular weight excluding hydrogens is 259 g/mol. The van der Waals surface area contributed by atoms with Gasteiger partial charge in [0, 0.05) is 11.7 Å². The van der Waals surface area contributed by atoms with E-state index < -0.39 is 0 Å². The van der Waals surface area contributed by atoms with E-state index in [1.54, 1.807) is 6.07 Å². The lowest BCUT2D eigenvalue weighted by atomic mass is 9.75. The summed E-state index contributed by atoms with van der Waals surface area (Å²) in [6.45, 7) is 4.56. The molecule has 0 radical (unpaired) electrons. The van der Waals surface area contributed by atoms with Crippen molar-refractivity contribution in [2.24, 2.45) is 11.1 Å². The molecule has 0 aromatic heterocycles. The van der Waals surface area contributed by atoms with Crippen LogP contribution in [0.5, 0.6) is 0 Å². The van der Waals surface area contributed by atoms with E-state index in [-0.39, 0.29) is 10.8 Å². The molecule has 2 nitrogen and oxygen atoms in total. The predicted molar refractivity (Wildman–Crippen MR) is 81.9 cm³/mol. The number of anilines is 1. The molecule has 0 spiro atoms. The first-order chi connectivity index (χ1) is 8.89. The minimum absolute atomic E-state index is 0.107. The van der Waals surface area contributed by atoms with Crippen LogP contribution in [0.1, 0.15) is 45.1 Å². The van der Waals surface area contributed by atoms with Crippen molar-refractivity contribution in [2.45, 2.75) is 45.6 Å². The Labute approximate surface area is 119 Å². The normalized spacial score (nSPS) is 21.9. The fraction of sp³-hybridized carbons (Fsp3) is 0.533. The minimum atomic E-state index is -0.354. The summed E-state index contributed by atoms with van der Waals surface area (Å²) in [5.41, 5.74) is 7.02. The van der Waals surface area contributed by atoms with Gasteiger partial charge in [0.05, 0.1) is 5.56 Å². The van der Waals surface area contributed by atoms with Gasteiger partial charge >= 0.3 is 0 Å². The van der Waals surface area contributed by atoms with Gasteiger partial charge in [-0.2, -0.15) is 0 Å². The SMILES string of the molecule is CC1(C)CCCC(Nc2cccc(F)c2C(N)=S)C1. The molecule has 1 saturated carbocycles. The molecular formula is C15H21FN2S. The Morgan fingerprint density at radius 2 is 2.21 bits per heavy atom. The monoisotopic (exact) mass is 280 g/mol. The van der Waals surface area contributed by atoms with Crippen molar-refractivity contribution in [1.82, 2.24) is 0 Å². The second kappa shape index (κ2) is 5.45. The van der Waals surface area contributed by atoms with Gasteiger partial charge in [-0.15, -0.1) is 0 Å². The molecule has 0 bridgehead atoms. The molecule has 1 aliphatic rings. The van der Waals surface area contributed by atoms with Crippen molar-refractivity contribution in [3.8, 4) is 0 Å². The zero-order valence-electron chi connectivity index (χ0n) is 11.5. The van der Waals surface area contributed by atoms with Crippen LogP contribution in [-0.2, 0) is 0 Å². The van der Waals surface area contributed by atoms with Crippen LogP contribution in [0.4, 0.5) is 10.1 Å². The molecule has 0 heterocycles. The minimum Gasteiger partial charge on any atom is -0.389 e. The molecule has 1 fully saturated rings. The van der Waals surface area contributed by atoms with E-state index in [2.05, 4.69) is 19.2 Å². The summed E-state index contributed by atoms with van der Waals surface area (Å²) < 4.78 is 13.8. The Bertz CT molecular complexity index is 485. The largest absolute Gasteiger partial charge is 0.389 e. The van der Waals surface area contributed by atoms with Crippen molar-refractivity contribution in [2.75, 3.05) is 5.32 Å². The van der Waals surface area contributed by atoms with Gasteiger partial charge in [-0.05, 0) is 36.8 Å². The maximum absolute atomic E-state index is 13.8. The van der Waals surface area contributed by atoms with E-state index in [9.17, 15) is 4.39 Å². The number of hydrogen-bond acceptors (Lipinski definition) is 2. The standard InChI is InChI=1S/C15H21FN2S/c1-15(2)8-4-5-10(9-15)18-12-7-3-6-11(16)13(12)14(17)19/h3,6-7,10,18H,4-5,8-9H2,1-2H3,(H2,17,19). The summed E-state index contributed by atoms with van der Waals surface area (Å²) in [4.78, 5) is 0.107. The highest BCUT2D eigenvalue weighted by Crippen LogP contribution is 2.36. The van der Waals surface area contributed by atoms with Crippen LogP contribution in [0.3, 0.4) is 0 Å². The summed E-state index contributed by atoms with van der Waals surface area (Å²) in [5.74, 6) is -0.354. The molecule has 1 aromatic carbocycles. The van der Waals surface area contributed by atoms with Gasteiger partial charge in [-0.3, -0.25) is 0 Å². The van der Waals surface area contributed by atoms with Crippen LogP contribution in [-0.4, -0.2) is 11.0 Å². The number of benzene rings is 1. The van der Waals surface area contributed by atoms with Crippen molar-refractivity contribution < 1.29 is 4.39 Å². The summed E-state index contributed by atoms with van der Waals surface area (Å²) in [7, 11) is 0. The maximum atomic E-state index is 13.8. The van der Waals surface area contributed by atoms with E-state index in [0.29, 0.717) is 17.0 Å². The summed E-state index contributed by atoms with van der Waals surface area (Å²) in [6.07, 6.45) is 4.63. The van der Waals surface area contributed by atoms with Gasteiger partial charge in [0.1, 0.15) is 10.8 Å². The number of halogens is 1. The molecule has 1 aromatic rings. The van der Waals surface area contributed by atoms with E-state index in [1.165, 1.54) is 18.9 Å². The molecule has 1 aliphatic carbocycles. The fourth-order valence-electron chi connectivity index (χ4n) is 2.94. The van der Waals surface area contributed by atoms with E-state index >= 15 is 0 Å². The Kier molecular flexibility index (Phi) is 4.09. The van der Waals surface area contributed by atoms with Crippen molar-refractivity contribution in [3.05, 3.63) is 29.6 Å². The predicted octanol–water partition coefficient (Wildman–Crippen LogP) is 3.84. The van der Waals surface area contributed by atoms with Gasteiger partial charge in [-0.1, -0.05) is 38.6 Å². The molecule has 4 heteroatoms. The average molecular weight is 280 g/mol. The first kappa shape index (κ1) is 14.3. The Hall–Kier alpha value is -1.16. The number of rotatable bonds is 3. The van der Waals surface area contributed by atoms with Crippen LogP contribution in [0.15, 0.2) is 18.2 Å². The van der Waals surface area contributed by atoms with Crippen molar-refractivity contribution in [3.63, 3.8) is 0 Å². The molecule has 0 saturated heterocycles. The van der Waals surface area contributed by atoms with E-state index in [0.717, 1.165) is 18.5 Å². The average Bonchev–Trinajstić information content (AvgIpc) is 2.26. The molecule has 1 atom stereocenters. The summed E-state index contributed by atoms with van der Waals surface area (Å²) in [6, 6.07) is 5.29. The number of hydrogen-bond donors (Lipinski definition) is 2. The molecule has 1 unspecified atom stereocenters. The summed E-state index contributed by atoms with van der Waals surface area (Å²) >= 11 is 4.95. The third-order valence-electron chi connectivity index (χ3n) is 3.82. The van der Waals surface area contributed by atoms with Crippen LogP contribution >= 0.6 is 12.2 Å². The highest BCUT2D eigenvalue weighted by molar-refractivity contribution is 7.80. The van der Waals surface area contributed by atoms with Crippen LogP contribution in [0.25, 0.3) is 0 Å². The Balaban J connectivity index is 2.19. The topological polar surface area (TPSA) is 38.0 Å². The van der Waals surface area contributed by atoms with Gasteiger partial charge in [0.2, 0.25) is 0 Å². The lowest BCUT2D eigenvalue weighted by Gasteiger charge is -2.36. The zero-order valence-corrected chi connectivity index (χ0v) is 12.3. The second-order valence-electron chi connectivity index (χ2n) is 6.13. The van der Waals surface area contributed by atoms with Gasteiger partial charge in [0.15, 0.2) is 0 Å². The highest BCUT2D eigenvalue weighted by Gasteiger charge is 2.28. The molecule has 0 amide bonds. The lowest BCUT2D eigenvalue weighted by molar-refractivity contribution is 0.229. The third-order valence-corrected chi connectivity index (χ3v) is 4.03. The van der Waals surface area contributed by atoms with Gasteiger partial charge < -0.3 is 11.1 Å². The number of thiocarbonyl (C=S) groups is 1. The fourth-order valence-corrected chi connectivity index (χ4v) is 3.14. The lowest BCUT2D eigenvalue weighted by Crippen LogP contribution is -2.32. The highest BCUT2D eigenvalue weighted by atomic mass is 32.1. The first-order valence-corrected chi connectivity index (χ1v) is 7.15. The number of nitrogens with one attached hydrogen (secondary N) is 1. The summed E-state index contributed by atoms with van der Waals surface area (Å²) in [5, 5.41) is 3.42. The Morgan fingerprint density at radius 1 is 1.47 bits per heavy atom. The maximum Gasteiger partial charge on any atom is 0.135 e. The number of nitrogens with two attached hydrogens (primary N) is 1. The zero-order chi connectivity index (χ0) is 14.0. The third kappa shape index (κ3) is 3.44. The van der Waals surface area contributed by atoms with Crippen LogP contribution in [0, 0.1) is 11.2 Å². The van der Waals surface area contributed by atoms with Crippen LogP contribution in [0.2, 0.25) is 0 Å². The second-order valence-corrected chi connectivity index (χ2v) is 6.57. The quantitative estimate of drug-likeness (QED) is 0.826. The Morgan fingerprint density at radius 3 is 2.84 bits per heavy atom. The molecule has 0 aliphatic heterocycles. The van der Waals surface area contributed by atoms with E-state index in [1.807, 2.05) is 6.07 Å². The van der Waals surface area contributed by atoms with Gasteiger partial charge in [-0.25, -0.2) is 4.39 Å². The molecule has 3 N–H and O–H groups in total. The van der Waals surface area contributed by atoms with Gasteiger partial charge in [0.25, 0.3) is 0 Å². The molecule has 104 valence electrons. The smallest absolute Gasteiger partial charge is 0.135 e. The van der Waals surface area contributed by atoms with Crippen molar-refractivity contribution in [1.29, 1.82) is 0 Å².